The van der Waals surface area contributed by atoms with Gasteiger partial charge in [0.2, 0.25) is 5.95 Å². The van der Waals surface area contributed by atoms with Crippen LogP contribution in [0.2, 0.25) is 0 Å². The summed E-state index contributed by atoms with van der Waals surface area (Å²) in [6.45, 7) is 4.52. The molecular weight excluding hydrogens is 302 g/mol. The average Bonchev–Trinajstić information content (AvgIpc) is 2.56. The van der Waals surface area contributed by atoms with Crippen LogP contribution in [0.1, 0.15) is 17.7 Å². The number of ether oxygens (including phenoxy) is 1. The van der Waals surface area contributed by atoms with Crippen LogP contribution in [-0.4, -0.2) is 49.2 Å². The highest BCUT2D eigenvalue weighted by Gasteiger charge is 2.05. The van der Waals surface area contributed by atoms with Gasteiger partial charge >= 0.3 is 0 Å². The number of methoxy groups -OCH3 is 1. The molecule has 0 unspecified atom stereocenters. The summed E-state index contributed by atoms with van der Waals surface area (Å²) < 4.78 is 5.38. The molecule has 0 bridgehead atoms. The lowest BCUT2D eigenvalue weighted by Gasteiger charge is -2.12. The molecular formula is C18H27N5O. The normalized spacial score (nSPS) is 10.7. The average molecular weight is 329 g/mol. The number of nitrogens with zero attached hydrogens (tertiary/aromatic N) is 3. The summed E-state index contributed by atoms with van der Waals surface area (Å²) in [5.41, 5.74) is 2.03. The van der Waals surface area contributed by atoms with Crippen molar-refractivity contribution in [1.29, 1.82) is 0 Å². The van der Waals surface area contributed by atoms with Crippen molar-refractivity contribution in [3.8, 4) is 5.75 Å². The molecule has 0 amide bonds. The highest BCUT2D eigenvalue weighted by atomic mass is 16.5. The zero-order valence-corrected chi connectivity index (χ0v) is 15.0. The molecule has 0 atom stereocenters. The number of nitrogens with one attached hydrogen (secondary N) is 2. The Kier molecular flexibility index (Phi) is 6.81. The summed E-state index contributed by atoms with van der Waals surface area (Å²) in [5.74, 6) is 2.35. The Bertz CT molecular complexity index is 645. The Hall–Kier alpha value is -2.34. The maximum absolute atomic E-state index is 5.38. The molecule has 0 aliphatic rings. The van der Waals surface area contributed by atoms with Crippen LogP contribution < -0.4 is 15.4 Å². The number of aryl methyl sites for hydroxylation is 1. The van der Waals surface area contributed by atoms with Gasteiger partial charge in [-0.1, -0.05) is 18.2 Å². The smallest absolute Gasteiger partial charge is 0.224 e. The van der Waals surface area contributed by atoms with E-state index in [0.717, 1.165) is 42.3 Å². The molecule has 1 aromatic carbocycles. The van der Waals surface area contributed by atoms with Crippen LogP contribution in [0, 0.1) is 6.92 Å². The van der Waals surface area contributed by atoms with Gasteiger partial charge in [-0.3, -0.25) is 0 Å². The molecule has 130 valence electrons. The van der Waals surface area contributed by atoms with Gasteiger partial charge in [0.15, 0.2) is 0 Å². The van der Waals surface area contributed by atoms with Crippen molar-refractivity contribution in [3.05, 3.63) is 41.6 Å². The van der Waals surface area contributed by atoms with Crippen molar-refractivity contribution in [2.45, 2.75) is 19.9 Å². The van der Waals surface area contributed by atoms with E-state index in [-0.39, 0.29) is 0 Å². The number of anilines is 2. The maximum Gasteiger partial charge on any atom is 0.224 e. The van der Waals surface area contributed by atoms with Gasteiger partial charge in [-0.2, -0.15) is 4.98 Å². The first-order valence-electron chi connectivity index (χ1n) is 8.18. The number of rotatable bonds is 9. The minimum absolute atomic E-state index is 0.653. The quantitative estimate of drug-likeness (QED) is 0.690. The molecule has 24 heavy (non-hydrogen) atoms. The van der Waals surface area contributed by atoms with E-state index < -0.39 is 0 Å². The SMILES string of the molecule is COc1ccccc1CNc1cc(C)nc(NCCCN(C)C)n1. The minimum atomic E-state index is 0.653. The van der Waals surface area contributed by atoms with Crippen molar-refractivity contribution in [3.63, 3.8) is 0 Å². The first kappa shape index (κ1) is 18.0. The van der Waals surface area contributed by atoms with Crippen LogP contribution in [-0.2, 0) is 6.54 Å². The maximum atomic E-state index is 5.38. The number of benzene rings is 1. The van der Waals surface area contributed by atoms with Crippen molar-refractivity contribution < 1.29 is 4.74 Å². The molecule has 2 N–H and O–H groups in total. The first-order chi connectivity index (χ1) is 11.6. The topological polar surface area (TPSA) is 62.3 Å². The van der Waals surface area contributed by atoms with Gasteiger partial charge in [0.1, 0.15) is 11.6 Å². The molecule has 0 saturated carbocycles. The first-order valence-corrected chi connectivity index (χ1v) is 8.18. The third-order valence-corrected chi connectivity index (χ3v) is 3.57. The second kappa shape index (κ2) is 9.08. The van der Waals surface area contributed by atoms with Gasteiger partial charge in [-0.05, 0) is 40.1 Å². The molecule has 0 fully saturated rings. The number of para-hydroxylation sites is 1. The monoisotopic (exact) mass is 329 g/mol. The van der Waals surface area contributed by atoms with E-state index in [1.165, 1.54) is 0 Å². The summed E-state index contributed by atoms with van der Waals surface area (Å²) >= 11 is 0. The standard InChI is InChI=1S/C18H27N5O/c1-14-12-17(20-13-15-8-5-6-9-16(15)24-4)22-18(21-14)19-10-7-11-23(2)3/h5-6,8-9,12H,7,10-11,13H2,1-4H3,(H2,19,20,21,22). The summed E-state index contributed by atoms with van der Waals surface area (Å²) in [5, 5.41) is 6.63. The third kappa shape index (κ3) is 5.70. The van der Waals surface area contributed by atoms with E-state index in [1.807, 2.05) is 37.3 Å². The number of aromatic nitrogens is 2. The predicted octanol–water partition coefficient (Wildman–Crippen LogP) is 2.77. The second-order valence-corrected chi connectivity index (χ2v) is 5.97. The van der Waals surface area contributed by atoms with Crippen LogP contribution in [0.15, 0.2) is 30.3 Å². The van der Waals surface area contributed by atoms with Gasteiger partial charge in [0.25, 0.3) is 0 Å². The lowest BCUT2D eigenvalue weighted by Crippen LogP contribution is -2.17. The second-order valence-electron chi connectivity index (χ2n) is 5.97. The fourth-order valence-corrected chi connectivity index (χ4v) is 2.37. The van der Waals surface area contributed by atoms with E-state index >= 15 is 0 Å². The Balaban J connectivity index is 1.95. The van der Waals surface area contributed by atoms with E-state index in [9.17, 15) is 0 Å². The molecule has 0 spiro atoms. The van der Waals surface area contributed by atoms with Crippen molar-refractivity contribution >= 4 is 11.8 Å². The minimum Gasteiger partial charge on any atom is -0.496 e. The Morgan fingerprint density at radius 3 is 2.67 bits per heavy atom. The molecule has 0 radical (unpaired) electrons. The summed E-state index contributed by atoms with van der Waals surface area (Å²) in [6.07, 6.45) is 1.05. The Morgan fingerprint density at radius 1 is 1.12 bits per heavy atom. The third-order valence-electron chi connectivity index (χ3n) is 3.57. The van der Waals surface area contributed by atoms with E-state index in [1.54, 1.807) is 7.11 Å². The van der Waals surface area contributed by atoms with Gasteiger partial charge in [0, 0.05) is 30.4 Å². The molecule has 2 aromatic rings. The highest BCUT2D eigenvalue weighted by molar-refractivity contribution is 5.44. The van der Waals surface area contributed by atoms with E-state index in [4.69, 9.17) is 4.74 Å². The summed E-state index contributed by atoms with van der Waals surface area (Å²) in [7, 11) is 5.83. The van der Waals surface area contributed by atoms with Crippen LogP contribution in [0.3, 0.4) is 0 Å². The zero-order chi connectivity index (χ0) is 17.4. The van der Waals surface area contributed by atoms with Crippen LogP contribution in [0.5, 0.6) is 5.75 Å². The number of hydrogen-bond acceptors (Lipinski definition) is 6. The van der Waals surface area contributed by atoms with E-state index in [2.05, 4.69) is 39.6 Å². The molecule has 6 heteroatoms. The molecule has 6 nitrogen and oxygen atoms in total. The molecule has 1 heterocycles. The van der Waals surface area contributed by atoms with Crippen LogP contribution in [0.4, 0.5) is 11.8 Å². The Morgan fingerprint density at radius 2 is 1.92 bits per heavy atom. The van der Waals surface area contributed by atoms with Crippen molar-refractivity contribution in [1.82, 2.24) is 14.9 Å². The zero-order valence-electron chi connectivity index (χ0n) is 15.0. The fourth-order valence-electron chi connectivity index (χ4n) is 2.37. The molecule has 0 aliphatic heterocycles. The molecule has 0 aliphatic carbocycles. The molecule has 1 aromatic heterocycles. The highest BCUT2D eigenvalue weighted by Crippen LogP contribution is 2.19. The number of hydrogen-bond donors (Lipinski definition) is 2. The fraction of sp³-hybridized carbons (Fsp3) is 0.444. The van der Waals surface area contributed by atoms with Crippen molar-refractivity contribution in [2.24, 2.45) is 0 Å². The van der Waals surface area contributed by atoms with Gasteiger partial charge in [-0.25, -0.2) is 4.98 Å². The van der Waals surface area contributed by atoms with Crippen molar-refractivity contribution in [2.75, 3.05) is 44.9 Å². The summed E-state index contributed by atoms with van der Waals surface area (Å²) in [6, 6.07) is 9.91. The molecule has 0 saturated heterocycles. The largest absolute Gasteiger partial charge is 0.496 e. The summed E-state index contributed by atoms with van der Waals surface area (Å²) in [4.78, 5) is 11.1. The van der Waals surface area contributed by atoms with Gasteiger partial charge in [0.05, 0.1) is 7.11 Å². The van der Waals surface area contributed by atoms with Gasteiger partial charge in [-0.15, -0.1) is 0 Å². The lowest BCUT2D eigenvalue weighted by molar-refractivity contribution is 0.405. The predicted molar refractivity (Wildman–Crippen MR) is 98.8 cm³/mol. The lowest BCUT2D eigenvalue weighted by atomic mass is 10.2. The molecule has 2 rings (SSSR count). The van der Waals surface area contributed by atoms with Crippen LogP contribution >= 0.6 is 0 Å². The van der Waals surface area contributed by atoms with Gasteiger partial charge < -0.3 is 20.3 Å². The Labute approximate surface area is 144 Å². The van der Waals surface area contributed by atoms with E-state index in [0.29, 0.717) is 12.5 Å². The van der Waals surface area contributed by atoms with Crippen LogP contribution in [0.25, 0.3) is 0 Å².